The lowest BCUT2D eigenvalue weighted by Crippen LogP contribution is -2.46. The van der Waals surface area contributed by atoms with Crippen LogP contribution in [-0.4, -0.2) is 62.1 Å². The summed E-state index contributed by atoms with van der Waals surface area (Å²) in [7, 11) is 1.93. The van der Waals surface area contributed by atoms with Crippen molar-refractivity contribution < 1.29 is 0 Å². The highest BCUT2D eigenvalue weighted by atomic mass is 15.3. The Labute approximate surface area is 166 Å². The van der Waals surface area contributed by atoms with Crippen LogP contribution in [0.2, 0.25) is 0 Å². The van der Waals surface area contributed by atoms with Crippen molar-refractivity contribution in [3.63, 3.8) is 0 Å². The molecule has 0 radical (unpaired) electrons. The van der Waals surface area contributed by atoms with E-state index in [2.05, 4.69) is 64.3 Å². The topological polar surface area (TPSA) is 30.9 Å². The fourth-order valence-corrected chi connectivity index (χ4v) is 4.71. The molecular weight excluding hydrogens is 332 g/mol. The van der Waals surface area contributed by atoms with Crippen molar-refractivity contribution in [3.05, 3.63) is 35.9 Å². The van der Waals surface area contributed by atoms with Crippen LogP contribution < -0.4 is 5.32 Å². The van der Waals surface area contributed by atoms with Gasteiger partial charge in [-0.3, -0.25) is 4.99 Å². The molecule has 2 heterocycles. The van der Waals surface area contributed by atoms with E-state index < -0.39 is 0 Å². The second-order valence-corrected chi connectivity index (χ2v) is 8.88. The smallest absolute Gasteiger partial charge is 0.193 e. The zero-order valence-corrected chi connectivity index (χ0v) is 17.5. The van der Waals surface area contributed by atoms with Crippen LogP contribution in [0.4, 0.5) is 0 Å². The van der Waals surface area contributed by atoms with Crippen LogP contribution in [0.15, 0.2) is 35.3 Å². The molecular formula is C23H38N4. The van der Waals surface area contributed by atoms with E-state index in [-0.39, 0.29) is 0 Å². The minimum Gasteiger partial charge on any atom is -0.356 e. The maximum Gasteiger partial charge on any atom is 0.193 e. The van der Waals surface area contributed by atoms with Gasteiger partial charge in [0, 0.05) is 39.8 Å². The van der Waals surface area contributed by atoms with Gasteiger partial charge in [-0.15, -0.1) is 0 Å². The third kappa shape index (κ3) is 6.24. The summed E-state index contributed by atoms with van der Waals surface area (Å²) in [5, 5.41) is 3.69. The Morgan fingerprint density at radius 1 is 1.11 bits per heavy atom. The molecule has 2 aliphatic rings. The first-order valence-electron chi connectivity index (χ1n) is 10.9. The Bertz CT molecular complexity index is 583. The lowest BCUT2D eigenvalue weighted by molar-refractivity contribution is 0.159. The predicted molar refractivity (Wildman–Crippen MR) is 115 cm³/mol. The van der Waals surface area contributed by atoms with Crippen LogP contribution in [0.3, 0.4) is 0 Å². The van der Waals surface area contributed by atoms with Crippen LogP contribution in [0.1, 0.15) is 38.7 Å². The van der Waals surface area contributed by atoms with Crippen molar-refractivity contribution in [2.45, 2.75) is 39.5 Å². The monoisotopic (exact) mass is 370 g/mol. The summed E-state index contributed by atoms with van der Waals surface area (Å²) >= 11 is 0. The second kappa shape index (κ2) is 10.1. The van der Waals surface area contributed by atoms with Crippen LogP contribution in [0.25, 0.3) is 0 Å². The molecule has 2 aliphatic heterocycles. The van der Waals surface area contributed by atoms with E-state index in [1.807, 2.05) is 7.05 Å². The molecule has 0 saturated carbocycles. The standard InChI is InChI=1S/C23H38N4/c1-19(2)16-26-12-7-10-22(17-26)15-25-23(24-3)27-13-11-21(18-27)14-20-8-5-4-6-9-20/h4-6,8-9,19,21-22H,7,10-18H2,1-3H3,(H,24,25). The first-order valence-corrected chi connectivity index (χ1v) is 10.9. The van der Waals surface area contributed by atoms with Crippen molar-refractivity contribution in [3.8, 4) is 0 Å². The van der Waals surface area contributed by atoms with E-state index in [9.17, 15) is 0 Å². The number of rotatable bonds is 6. The van der Waals surface area contributed by atoms with Gasteiger partial charge in [0.05, 0.1) is 0 Å². The summed E-state index contributed by atoms with van der Waals surface area (Å²) < 4.78 is 0. The van der Waals surface area contributed by atoms with Crippen molar-refractivity contribution in [2.75, 3.05) is 46.3 Å². The molecule has 0 bridgehead atoms. The highest BCUT2D eigenvalue weighted by Crippen LogP contribution is 2.21. The van der Waals surface area contributed by atoms with Gasteiger partial charge in [-0.25, -0.2) is 0 Å². The number of aliphatic imine (C=N–C) groups is 1. The molecule has 2 atom stereocenters. The largest absolute Gasteiger partial charge is 0.356 e. The summed E-state index contributed by atoms with van der Waals surface area (Å²) in [5.74, 6) is 3.35. The maximum atomic E-state index is 4.58. The Kier molecular flexibility index (Phi) is 7.57. The average molecular weight is 371 g/mol. The number of guanidine groups is 1. The SMILES string of the molecule is CN=C(NCC1CCCN(CC(C)C)C1)N1CCC(Cc2ccccc2)C1. The molecule has 2 saturated heterocycles. The van der Waals surface area contributed by atoms with E-state index in [0.29, 0.717) is 0 Å². The highest BCUT2D eigenvalue weighted by molar-refractivity contribution is 5.80. The first-order chi connectivity index (χ1) is 13.1. The van der Waals surface area contributed by atoms with Crippen molar-refractivity contribution >= 4 is 5.96 Å². The lowest BCUT2D eigenvalue weighted by Gasteiger charge is -2.34. The molecule has 0 aromatic heterocycles. The van der Waals surface area contributed by atoms with Crippen LogP contribution in [-0.2, 0) is 6.42 Å². The molecule has 3 rings (SSSR count). The molecule has 0 aliphatic carbocycles. The van der Waals surface area contributed by atoms with Gasteiger partial charge in [-0.1, -0.05) is 44.2 Å². The third-order valence-corrected chi connectivity index (χ3v) is 5.94. The van der Waals surface area contributed by atoms with Gasteiger partial charge in [0.2, 0.25) is 0 Å². The second-order valence-electron chi connectivity index (χ2n) is 8.88. The van der Waals surface area contributed by atoms with Gasteiger partial charge in [0.1, 0.15) is 0 Å². The molecule has 4 nitrogen and oxygen atoms in total. The minimum absolute atomic E-state index is 0.738. The first kappa shape index (κ1) is 20.2. The zero-order valence-electron chi connectivity index (χ0n) is 17.5. The van der Waals surface area contributed by atoms with Crippen LogP contribution >= 0.6 is 0 Å². The molecule has 0 spiro atoms. The molecule has 2 fully saturated rings. The summed E-state index contributed by atoms with van der Waals surface area (Å²) in [6.07, 6.45) is 5.12. The number of nitrogens with zero attached hydrogens (tertiary/aromatic N) is 3. The summed E-state index contributed by atoms with van der Waals surface area (Å²) in [6, 6.07) is 10.9. The fourth-order valence-electron chi connectivity index (χ4n) is 4.71. The molecule has 2 unspecified atom stereocenters. The van der Waals surface area contributed by atoms with Gasteiger partial charge in [0.15, 0.2) is 5.96 Å². The van der Waals surface area contributed by atoms with E-state index in [4.69, 9.17) is 0 Å². The lowest BCUT2D eigenvalue weighted by atomic mass is 9.97. The van der Waals surface area contributed by atoms with Crippen LogP contribution in [0.5, 0.6) is 0 Å². The number of hydrogen-bond acceptors (Lipinski definition) is 2. The number of hydrogen-bond donors (Lipinski definition) is 1. The Balaban J connectivity index is 1.44. The highest BCUT2D eigenvalue weighted by Gasteiger charge is 2.26. The quantitative estimate of drug-likeness (QED) is 0.614. The van der Waals surface area contributed by atoms with Gasteiger partial charge in [0.25, 0.3) is 0 Å². The fraction of sp³-hybridized carbons (Fsp3) is 0.696. The average Bonchev–Trinajstić information content (AvgIpc) is 3.11. The number of piperidine rings is 1. The molecule has 1 N–H and O–H groups in total. The number of likely N-dealkylation sites (tertiary alicyclic amines) is 2. The summed E-state index contributed by atoms with van der Waals surface area (Å²) in [4.78, 5) is 9.69. The van der Waals surface area contributed by atoms with E-state index >= 15 is 0 Å². The normalized spacial score (nSPS) is 24.6. The van der Waals surface area contributed by atoms with E-state index in [1.165, 1.54) is 50.9 Å². The minimum atomic E-state index is 0.738. The molecule has 1 aromatic rings. The number of benzene rings is 1. The van der Waals surface area contributed by atoms with Gasteiger partial charge in [-0.2, -0.15) is 0 Å². The summed E-state index contributed by atoms with van der Waals surface area (Å²) in [5.41, 5.74) is 1.46. The molecule has 4 heteroatoms. The van der Waals surface area contributed by atoms with Gasteiger partial charge >= 0.3 is 0 Å². The predicted octanol–water partition coefficient (Wildman–Crippen LogP) is 3.49. The summed E-state index contributed by atoms with van der Waals surface area (Å²) in [6.45, 7) is 11.7. The Hall–Kier alpha value is -1.55. The number of nitrogens with one attached hydrogen (secondary N) is 1. The molecule has 27 heavy (non-hydrogen) atoms. The third-order valence-electron chi connectivity index (χ3n) is 5.94. The maximum absolute atomic E-state index is 4.58. The van der Waals surface area contributed by atoms with Gasteiger partial charge in [-0.05, 0) is 55.5 Å². The van der Waals surface area contributed by atoms with Crippen molar-refractivity contribution in [2.24, 2.45) is 22.7 Å². The van der Waals surface area contributed by atoms with Crippen molar-refractivity contribution in [1.82, 2.24) is 15.1 Å². The molecule has 0 amide bonds. The zero-order chi connectivity index (χ0) is 19.1. The van der Waals surface area contributed by atoms with E-state index in [0.717, 1.165) is 43.3 Å². The molecule has 150 valence electrons. The molecule has 1 aromatic carbocycles. The Morgan fingerprint density at radius 2 is 1.93 bits per heavy atom. The Morgan fingerprint density at radius 3 is 2.67 bits per heavy atom. The van der Waals surface area contributed by atoms with Crippen LogP contribution in [0, 0.1) is 17.8 Å². The van der Waals surface area contributed by atoms with E-state index in [1.54, 1.807) is 0 Å². The van der Waals surface area contributed by atoms with Gasteiger partial charge < -0.3 is 15.1 Å². The van der Waals surface area contributed by atoms with Crippen molar-refractivity contribution in [1.29, 1.82) is 0 Å².